The number of amides is 1. The zero-order chi connectivity index (χ0) is 21.6. The largest absolute Gasteiger partial charge is 0.341 e. The van der Waals surface area contributed by atoms with Crippen LogP contribution in [0.3, 0.4) is 0 Å². The molecule has 156 valence electrons. The first kappa shape index (κ1) is 22.4. The highest BCUT2D eigenvalue weighted by atomic mass is 32.2. The second-order valence-electron chi connectivity index (χ2n) is 6.90. The van der Waals surface area contributed by atoms with Crippen molar-refractivity contribution in [3.05, 3.63) is 69.8 Å². The SMILES string of the molecule is Cc1ccc([N+](=O)[O-])cc1N(CCCC(=O)N(C)Cc1ccccc1)S(C)(=O)=O. The van der Waals surface area contributed by atoms with Gasteiger partial charge in [0.25, 0.3) is 5.69 Å². The van der Waals surface area contributed by atoms with Gasteiger partial charge in [-0.2, -0.15) is 0 Å². The minimum absolute atomic E-state index is 0.0613. The van der Waals surface area contributed by atoms with Crippen LogP contribution in [0.25, 0.3) is 0 Å². The predicted octanol–water partition coefficient (Wildman–Crippen LogP) is 3.11. The van der Waals surface area contributed by atoms with Crippen molar-refractivity contribution in [1.29, 1.82) is 0 Å². The minimum atomic E-state index is -3.66. The Bertz CT molecular complexity index is 977. The molecule has 0 aliphatic rings. The number of rotatable bonds is 9. The van der Waals surface area contributed by atoms with Crippen molar-refractivity contribution in [1.82, 2.24) is 4.90 Å². The van der Waals surface area contributed by atoms with Crippen LogP contribution in [0.4, 0.5) is 11.4 Å². The third-order valence-corrected chi connectivity index (χ3v) is 5.69. The van der Waals surface area contributed by atoms with Gasteiger partial charge >= 0.3 is 0 Å². The van der Waals surface area contributed by atoms with E-state index in [2.05, 4.69) is 0 Å². The molecule has 2 rings (SSSR count). The maximum Gasteiger partial charge on any atom is 0.271 e. The van der Waals surface area contributed by atoms with E-state index in [-0.39, 0.29) is 30.2 Å². The number of hydrogen-bond acceptors (Lipinski definition) is 5. The Hall–Kier alpha value is -2.94. The molecule has 0 heterocycles. The van der Waals surface area contributed by atoms with Crippen molar-refractivity contribution in [2.45, 2.75) is 26.3 Å². The van der Waals surface area contributed by atoms with E-state index >= 15 is 0 Å². The molecule has 0 aliphatic carbocycles. The number of sulfonamides is 1. The zero-order valence-corrected chi connectivity index (χ0v) is 17.6. The number of anilines is 1. The summed E-state index contributed by atoms with van der Waals surface area (Å²) in [6.45, 7) is 2.22. The Morgan fingerprint density at radius 3 is 2.38 bits per heavy atom. The van der Waals surface area contributed by atoms with Gasteiger partial charge in [0.1, 0.15) is 0 Å². The van der Waals surface area contributed by atoms with E-state index in [9.17, 15) is 23.3 Å². The molecule has 0 saturated carbocycles. The van der Waals surface area contributed by atoms with Crippen LogP contribution in [0.15, 0.2) is 48.5 Å². The average Bonchev–Trinajstić information content (AvgIpc) is 2.65. The molecule has 0 spiro atoms. The number of nitrogens with zero attached hydrogens (tertiary/aromatic N) is 3. The van der Waals surface area contributed by atoms with E-state index in [1.165, 1.54) is 18.2 Å². The van der Waals surface area contributed by atoms with Crippen LogP contribution in [-0.4, -0.2) is 44.0 Å². The first-order valence-corrected chi connectivity index (χ1v) is 10.9. The molecule has 2 aromatic carbocycles. The first-order chi connectivity index (χ1) is 13.6. The molecule has 0 N–H and O–H groups in total. The predicted molar refractivity (Wildman–Crippen MR) is 112 cm³/mol. The highest BCUT2D eigenvalue weighted by molar-refractivity contribution is 7.92. The van der Waals surface area contributed by atoms with E-state index in [0.717, 1.165) is 16.1 Å². The molecule has 8 nitrogen and oxygen atoms in total. The van der Waals surface area contributed by atoms with E-state index in [1.807, 2.05) is 30.3 Å². The van der Waals surface area contributed by atoms with Gasteiger partial charge < -0.3 is 4.90 Å². The number of hydrogen-bond donors (Lipinski definition) is 0. The third kappa shape index (κ3) is 6.28. The first-order valence-electron chi connectivity index (χ1n) is 9.10. The Balaban J connectivity index is 2.06. The number of nitro groups is 1. The fourth-order valence-corrected chi connectivity index (χ4v) is 3.97. The number of aryl methyl sites for hydroxylation is 1. The lowest BCUT2D eigenvalue weighted by molar-refractivity contribution is -0.384. The summed E-state index contributed by atoms with van der Waals surface area (Å²) >= 11 is 0. The number of nitro benzene ring substituents is 1. The molecule has 9 heteroatoms. The van der Waals surface area contributed by atoms with Crippen molar-refractivity contribution < 1.29 is 18.1 Å². The quantitative estimate of drug-likeness (QED) is 0.459. The van der Waals surface area contributed by atoms with Gasteiger partial charge in [-0.05, 0) is 24.5 Å². The average molecular weight is 420 g/mol. The molecule has 0 saturated heterocycles. The van der Waals surface area contributed by atoms with Crippen LogP contribution in [-0.2, 0) is 21.4 Å². The molecule has 0 fully saturated rings. The lowest BCUT2D eigenvalue weighted by Crippen LogP contribution is -2.33. The summed E-state index contributed by atoms with van der Waals surface area (Å²) in [6, 6.07) is 13.7. The molecule has 0 aromatic heterocycles. The Kier molecular flexibility index (Phi) is 7.33. The van der Waals surface area contributed by atoms with Crippen LogP contribution in [0.1, 0.15) is 24.0 Å². The van der Waals surface area contributed by atoms with Gasteiger partial charge in [0, 0.05) is 38.7 Å². The summed E-state index contributed by atoms with van der Waals surface area (Å²) < 4.78 is 25.7. The maximum atomic E-state index is 12.4. The summed E-state index contributed by atoms with van der Waals surface area (Å²) in [5.41, 5.74) is 1.69. The summed E-state index contributed by atoms with van der Waals surface area (Å²) in [6.07, 6.45) is 1.52. The van der Waals surface area contributed by atoms with Crippen molar-refractivity contribution in [3.63, 3.8) is 0 Å². The van der Waals surface area contributed by atoms with E-state index in [4.69, 9.17) is 0 Å². The highest BCUT2D eigenvalue weighted by Crippen LogP contribution is 2.27. The number of carbonyl (C=O) groups excluding carboxylic acids is 1. The fourth-order valence-electron chi connectivity index (χ4n) is 2.96. The standard InChI is InChI=1S/C20H25N3O5S/c1-16-11-12-18(23(25)26)14-19(16)22(29(3,27)28)13-7-10-20(24)21(2)15-17-8-5-4-6-9-17/h4-6,8-9,11-12,14H,7,10,13,15H2,1-3H3. The summed E-state index contributed by atoms with van der Waals surface area (Å²) in [5.74, 6) is -0.0990. The third-order valence-electron chi connectivity index (χ3n) is 4.51. The van der Waals surface area contributed by atoms with Crippen molar-refractivity contribution in [2.75, 3.05) is 24.2 Å². The van der Waals surface area contributed by atoms with Crippen molar-refractivity contribution in [3.8, 4) is 0 Å². The summed E-state index contributed by atoms with van der Waals surface area (Å²) in [7, 11) is -1.96. The zero-order valence-electron chi connectivity index (χ0n) is 16.7. The molecule has 2 aromatic rings. The topological polar surface area (TPSA) is 101 Å². The molecule has 0 aliphatic heterocycles. The molecular formula is C20H25N3O5S. The number of carbonyl (C=O) groups is 1. The van der Waals surface area contributed by atoms with Crippen molar-refractivity contribution in [2.24, 2.45) is 0 Å². The monoisotopic (exact) mass is 419 g/mol. The Morgan fingerprint density at radius 1 is 1.14 bits per heavy atom. The van der Waals surface area contributed by atoms with Gasteiger partial charge in [-0.25, -0.2) is 8.42 Å². The molecule has 29 heavy (non-hydrogen) atoms. The van der Waals surface area contributed by atoms with Crippen molar-refractivity contribution >= 4 is 27.3 Å². The van der Waals surface area contributed by atoms with Gasteiger partial charge in [0.05, 0.1) is 16.9 Å². The van der Waals surface area contributed by atoms with Gasteiger partial charge in [-0.3, -0.25) is 19.2 Å². The smallest absolute Gasteiger partial charge is 0.271 e. The lowest BCUT2D eigenvalue weighted by Gasteiger charge is -2.24. The summed E-state index contributed by atoms with van der Waals surface area (Å²) in [4.78, 5) is 24.5. The van der Waals surface area contributed by atoms with E-state index in [1.54, 1.807) is 18.9 Å². The fraction of sp³-hybridized carbons (Fsp3) is 0.350. The van der Waals surface area contributed by atoms with Crippen LogP contribution in [0.5, 0.6) is 0 Å². The minimum Gasteiger partial charge on any atom is -0.341 e. The van der Waals surface area contributed by atoms with Gasteiger partial charge in [0.15, 0.2) is 0 Å². The second kappa shape index (κ2) is 9.51. The second-order valence-corrected chi connectivity index (χ2v) is 8.81. The van der Waals surface area contributed by atoms with Crippen LogP contribution >= 0.6 is 0 Å². The Morgan fingerprint density at radius 2 is 1.79 bits per heavy atom. The van der Waals surface area contributed by atoms with E-state index in [0.29, 0.717) is 18.5 Å². The summed E-state index contributed by atoms with van der Waals surface area (Å²) in [5, 5.41) is 11.1. The van der Waals surface area contributed by atoms with Crippen LogP contribution < -0.4 is 4.31 Å². The van der Waals surface area contributed by atoms with Gasteiger partial charge in [-0.15, -0.1) is 0 Å². The van der Waals surface area contributed by atoms with Gasteiger partial charge in [0.2, 0.25) is 15.9 Å². The van der Waals surface area contributed by atoms with E-state index < -0.39 is 14.9 Å². The van der Waals surface area contributed by atoms with Crippen LogP contribution in [0.2, 0.25) is 0 Å². The lowest BCUT2D eigenvalue weighted by atomic mass is 10.1. The number of benzene rings is 2. The van der Waals surface area contributed by atoms with Crippen LogP contribution in [0, 0.1) is 17.0 Å². The normalized spacial score (nSPS) is 11.1. The molecule has 0 unspecified atom stereocenters. The maximum absolute atomic E-state index is 12.4. The number of non-ortho nitro benzene ring substituents is 1. The van der Waals surface area contributed by atoms with Gasteiger partial charge in [-0.1, -0.05) is 36.4 Å². The molecule has 0 radical (unpaired) electrons. The highest BCUT2D eigenvalue weighted by Gasteiger charge is 2.22. The molecule has 0 atom stereocenters. The molecule has 1 amide bonds. The molecule has 0 bridgehead atoms. The molecular weight excluding hydrogens is 394 g/mol. The Labute approximate surface area is 171 Å².